The summed E-state index contributed by atoms with van der Waals surface area (Å²) >= 11 is 1.42. The highest BCUT2D eigenvalue weighted by Crippen LogP contribution is 2.10. The van der Waals surface area contributed by atoms with Crippen LogP contribution in [0, 0.1) is 0 Å². The van der Waals surface area contributed by atoms with Gasteiger partial charge in [-0.2, -0.15) is 11.8 Å². The van der Waals surface area contributed by atoms with Crippen LogP contribution in [0.5, 0.6) is 0 Å². The molecule has 0 fully saturated rings. The van der Waals surface area contributed by atoms with E-state index in [2.05, 4.69) is 5.32 Å². The summed E-state index contributed by atoms with van der Waals surface area (Å²) in [5.41, 5.74) is 0. The minimum atomic E-state index is -0.221. The summed E-state index contributed by atoms with van der Waals surface area (Å²) in [6.45, 7) is 3.45. The third-order valence-corrected chi connectivity index (χ3v) is 4.05. The molecule has 0 aliphatic carbocycles. The Hall–Kier alpha value is -0.590. The molecular weight excluding hydrogens is 276 g/mol. The van der Waals surface area contributed by atoms with Crippen LogP contribution in [0.1, 0.15) is 32.6 Å². The fourth-order valence-electron chi connectivity index (χ4n) is 1.61. The number of rotatable bonds is 12. The molecule has 0 saturated carbocycles. The van der Waals surface area contributed by atoms with Crippen LogP contribution in [0.3, 0.4) is 0 Å². The van der Waals surface area contributed by atoms with Crippen molar-refractivity contribution >= 4 is 24.0 Å². The molecular formula is C14H28N2O3S. The lowest BCUT2D eigenvalue weighted by atomic mass is 10.2. The number of carbonyl (C=O) groups is 2. The number of carbonyl (C=O) groups excluding carboxylic acids is 2. The lowest BCUT2D eigenvalue weighted by molar-refractivity contribution is -0.130. The summed E-state index contributed by atoms with van der Waals surface area (Å²) in [5, 5.41) is 2.79. The van der Waals surface area contributed by atoms with E-state index in [4.69, 9.17) is 4.74 Å². The maximum absolute atomic E-state index is 11.8. The van der Waals surface area contributed by atoms with Crippen molar-refractivity contribution in [2.45, 2.75) is 44.1 Å². The van der Waals surface area contributed by atoms with Crippen LogP contribution in [0.25, 0.3) is 0 Å². The van der Waals surface area contributed by atoms with Gasteiger partial charge in [0, 0.05) is 26.6 Å². The van der Waals surface area contributed by atoms with Crippen LogP contribution in [-0.2, 0) is 14.3 Å². The molecule has 2 atom stereocenters. The zero-order chi connectivity index (χ0) is 15.4. The molecule has 0 aromatic heterocycles. The predicted molar refractivity (Wildman–Crippen MR) is 83.9 cm³/mol. The zero-order valence-corrected chi connectivity index (χ0v) is 13.9. The molecule has 0 bridgehead atoms. The van der Waals surface area contributed by atoms with Crippen LogP contribution < -0.4 is 5.32 Å². The van der Waals surface area contributed by atoms with Gasteiger partial charge in [-0.15, -0.1) is 0 Å². The van der Waals surface area contributed by atoms with Gasteiger partial charge in [-0.05, 0) is 39.5 Å². The monoisotopic (exact) mass is 304 g/mol. The van der Waals surface area contributed by atoms with Crippen molar-refractivity contribution in [3.8, 4) is 0 Å². The summed E-state index contributed by atoms with van der Waals surface area (Å²) in [6.07, 6.45) is 6.07. The number of thioether (sulfide) groups is 1. The quantitative estimate of drug-likeness (QED) is 0.336. The average Bonchev–Trinajstić information content (AvgIpc) is 2.47. The van der Waals surface area contributed by atoms with Gasteiger partial charge < -0.3 is 14.4 Å². The largest absolute Gasteiger partial charge is 0.364 e. The molecule has 0 aromatic carbocycles. The van der Waals surface area contributed by atoms with Gasteiger partial charge in [0.1, 0.15) is 12.5 Å². The standard InChI is InChI=1S/C14H28N2O3S/c1-12(15-2)19-9-7-5-6-8-16(3)14(18)10-13(11-17)20-4/h11-13,15H,5-10H2,1-4H3. The van der Waals surface area contributed by atoms with E-state index in [0.717, 1.165) is 38.7 Å². The Kier molecular flexibility index (Phi) is 11.8. The molecule has 5 nitrogen and oxygen atoms in total. The van der Waals surface area contributed by atoms with Crippen molar-refractivity contribution in [3.63, 3.8) is 0 Å². The molecule has 0 rings (SSSR count). The first-order valence-electron chi connectivity index (χ1n) is 7.06. The first-order valence-corrected chi connectivity index (χ1v) is 8.34. The normalized spacial score (nSPS) is 13.8. The number of unbranched alkanes of at least 4 members (excludes halogenated alkanes) is 2. The number of nitrogens with zero attached hydrogens (tertiary/aromatic N) is 1. The highest BCUT2D eigenvalue weighted by molar-refractivity contribution is 7.99. The number of hydrogen-bond acceptors (Lipinski definition) is 5. The van der Waals surface area contributed by atoms with Crippen LogP contribution in [-0.4, -0.2) is 62.1 Å². The van der Waals surface area contributed by atoms with Crippen molar-refractivity contribution in [3.05, 3.63) is 0 Å². The molecule has 0 saturated heterocycles. The number of amides is 1. The number of hydrogen-bond donors (Lipinski definition) is 1. The van der Waals surface area contributed by atoms with Gasteiger partial charge in [0.25, 0.3) is 0 Å². The molecule has 20 heavy (non-hydrogen) atoms. The summed E-state index contributed by atoms with van der Waals surface area (Å²) in [6, 6.07) is 0. The van der Waals surface area contributed by atoms with E-state index in [0.29, 0.717) is 6.42 Å². The highest BCUT2D eigenvalue weighted by atomic mass is 32.2. The van der Waals surface area contributed by atoms with Gasteiger partial charge in [-0.3, -0.25) is 10.1 Å². The summed E-state index contributed by atoms with van der Waals surface area (Å²) in [4.78, 5) is 24.2. The molecule has 0 radical (unpaired) electrons. The molecule has 0 aliphatic heterocycles. The predicted octanol–water partition coefficient (Wildman–Crippen LogP) is 1.52. The first-order chi connectivity index (χ1) is 9.54. The SMILES string of the molecule is CNC(C)OCCCCCN(C)C(=O)CC(C=O)SC. The molecule has 0 spiro atoms. The molecule has 0 heterocycles. The smallest absolute Gasteiger partial charge is 0.223 e. The number of ether oxygens (including phenoxy) is 1. The van der Waals surface area contributed by atoms with Crippen molar-refractivity contribution in [2.24, 2.45) is 0 Å². The second kappa shape index (κ2) is 12.2. The zero-order valence-electron chi connectivity index (χ0n) is 13.1. The lowest BCUT2D eigenvalue weighted by Crippen LogP contribution is -2.30. The van der Waals surface area contributed by atoms with Crippen LogP contribution in [0.2, 0.25) is 0 Å². The molecule has 0 aliphatic rings. The number of nitrogens with one attached hydrogen (secondary N) is 1. The maximum Gasteiger partial charge on any atom is 0.223 e. The Bertz CT molecular complexity index is 277. The summed E-state index contributed by atoms with van der Waals surface area (Å²) in [7, 11) is 3.66. The van der Waals surface area contributed by atoms with Crippen LogP contribution in [0.4, 0.5) is 0 Å². The lowest BCUT2D eigenvalue weighted by Gasteiger charge is -2.18. The molecule has 1 amide bonds. The fourth-order valence-corrected chi connectivity index (χ4v) is 2.03. The Morgan fingerprint density at radius 3 is 2.65 bits per heavy atom. The molecule has 1 N–H and O–H groups in total. The first kappa shape index (κ1) is 19.4. The van der Waals surface area contributed by atoms with E-state index in [1.54, 1.807) is 11.9 Å². The Morgan fingerprint density at radius 1 is 1.40 bits per heavy atom. The van der Waals surface area contributed by atoms with Crippen LogP contribution in [0.15, 0.2) is 0 Å². The van der Waals surface area contributed by atoms with Crippen LogP contribution >= 0.6 is 11.8 Å². The Labute approximate surface area is 126 Å². The second-order valence-electron chi connectivity index (χ2n) is 4.79. The molecule has 6 heteroatoms. The van der Waals surface area contributed by atoms with Gasteiger partial charge in [0.05, 0.1) is 5.25 Å². The van der Waals surface area contributed by atoms with E-state index in [1.807, 2.05) is 20.2 Å². The second-order valence-corrected chi connectivity index (χ2v) is 5.87. The third kappa shape index (κ3) is 9.34. The fraction of sp³-hybridized carbons (Fsp3) is 0.857. The maximum atomic E-state index is 11.8. The average molecular weight is 304 g/mol. The topological polar surface area (TPSA) is 58.6 Å². The molecule has 0 aromatic rings. The van der Waals surface area contributed by atoms with Gasteiger partial charge in [-0.25, -0.2) is 0 Å². The highest BCUT2D eigenvalue weighted by Gasteiger charge is 2.14. The van der Waals surface area contributed by atoms with E-state index >= 15 is 0 Å². The van der Waals surface area contributed by atoms with E-state index in [9.17, 15) is 9.59 Å². The van der Waals surface area contributed by atoms with Gasteiger partial charge in [0.15, 0.2) is 0 Å². The summed E-state index contributed by atoms with van der Waals surface area (Å²) < 4.78 is 5.49. The minimum Gasteiger partial charge on any atom is -0.364 e. The van der Waals surface area contributed by atoms with Crippen molar-refractivity contribution < 1.29 is 14.3 Å². The Morgan fingerprint density at radius 2 is 2.10 bits per heavy atom. The van der Waals surface area contributed by atoms with Crippen molar-refractivity contribution in [1.82, 2.24) is 10.2 Å². The van der Waals surface area contributed by atoms with Crippen molar-refractivity contribution in [2.75, 3.05) is 33.5 Å². The Balaban J connectivity index is 3.64. The van der Waals surface area contributed by atoms with Gasteiger partial charge >= 0.3 is 0 Å². The van der Waals surface area contributed by atoms with Gasteiger partial charge in [0.2, 0.25) is 5.91 Å². The van der Waals surface area contributed by atoms with Crippen molar-refractivity contribution in [1.29, 1.82) is 0 Å². The van der Waals surface area contributed by atoms with E-state index in [1.165, 1.54) is 11.8 Å². The third-order valence-electron chi connectivity index (χ3n) is 3.17. The van der Waals surface area contributed by atoms with E-state index < -0.39 is 0 Å². The molecule has 118 valence electrons. The van der Waals surface area contributed by atoms with Gasteiger partial charge in [-0.1, -0.05) is 0 Å². The molecule has 2 unspecified atom stereocenters. The minimum absolute atomic E-state index is 0.0384. The van der Waals surface area contributed by atoms with E-state index in [-0.39, 0.29) is 17.4 Å². The number of aldehydes is 1. The summed E-state index contributed by atoms with van der Waals surface area (Å²) in [5.74, 6) is 0.0384.